The molecule has 4 aromatic rings. The number of rotatable bonds is 5. The number of hydrogen-bond donors (Lipinski definition) is 2. The van der Waals surface area contributed by atoms with E-state index in [1.807, 2.05) is 24.3 Å². The molecular formula is C26H24N4O3S2. The van der Waals surface area contributed by atoms with Crippen LogP contribution in [-0.4, -0.2) is 50.4 Å². The Hall–Kier alpha value is -3.37. The van der Waals surface area contributed by atoms with Gasteiger partial charge >= 0.3 is 0 Å². The van der Waals surface area contributed by atoms with E-state index in [0.717, 1.165) is 27.1 Å². The van der Waals surface area contributed by atoms with Gasteiger partial charge in [0.25, 0.3) is 0 Å². The van der Waals surface area contributed by atoms with Crippen molar-refractivity contribution in [2.24, 2.45) is 5.10 Å². The van der Waals surface area contributed by atoms with Crippen LogP contribution in [0.3, 0.4) is 0 Å². The van der Waals surface area contributed by atoms with Crippen molar-refractivity contribution in [1.82, 2.24) is 9.73 Å². The number of anilines is 1. The van der Waals surface area contributed by atoms with Gasteiger partial charge in [0.1, 0.15) is 0 Å². The van der Waals surface area contributed by atoms with E-state index in [1.165, 1.54) is 4.31 Å². The fourth-order valence-electron chi connectivity index (χ4n) is 4.15. The zero-order valence-corrected chi connectivity index (χ0v) is 20.5. The van der Waals surface area contributed by atoms with E-state index in [9.17, 15) is 8.42 Å². The van der Waals surface area contributed by atoms with Gasteiger partial charge in [-0.2, -0.15) is 9.41 Å². The summed E-state index contributed by atoms with van der Waals surface area (Å²) in [6, 6.07) is 25.1. The van der Waals surface area contributed by atoms with Gasteiger partial charge in [0, 0.05) is 24.3 Å². The van der Waals surface area contributed by atoms with Crippen LogP contribution in [0.5, 0.6) is 0 Å². The van der Waals surface area contributed by atoms with Gasteiger partial charge in [-0.1, -0.05) is 48.5 Å². The zero-order chi connectivity index (χ0) is 24.3. The molecule has 0 unspecified atom stereocenters. The minimum Gasteiger partial charge on any atom is -0.379 e. The maximum atomic E-state index is 12.8. The third-order valence-electron chi connectivity index (χ3n) is 5.89. The second-order valence-corrected chi connectivity index (χ2v) is 10.4. The van der Waals surface area contributed by atoms with Gasteiger partial charge in [-0.05, 0) is 64.1 Å². The lowest BCUT2D eigenvalue weighted by Crippen LogP contribution is -2.40. The van der Waals surface area contributed by atoms with Crippen molar-refractivity contribution < 1.29 is 13.2 Å². The summed E-state index contributed by atoms with van der Waals surface area (Å²) in [6.07, 6.45) is 1.77. The van der Waals surface area contributed by atoms with Gasteiger partial charge in [-0.15, -0.1) is 0 Å². The molecule has 2 N–H and O–H groups in total. The lowest BCUT2D eigenvalue weighted by atomic mass is 9.97. The van der Waals surface area contributed by atoms with Gasteiger partial charge < -0.3 is 10.1 Å². The molecule has 0 aromatic heterocycles. The first kappa shape index (κ1) is 23.4. The number of nitrogens with one attached hydrogen (secondary N) is 2. The van der Waals surface area contributed by atoms with E-state index in [4.69, 9.17) is 17.0 Å². The summed E-state index contributed by atoms with van der Waals surface area (Å²) in [5.41, 5.74) is 4.52. The maximum absolute atomic E-state index is 12.8. The smallest absolute Gasteiger partial charge is 0.243 e. The highest BCUT2D eigenvalue weighted by molar-refractivity contribution is 7.89. The molecule has 0 aliphatic carbocycles. The first-order valence-corrected chi connectivity index (χ1v) is 13.1. The normalized spacial score (nSPS) is 15.0. The van der Waals surface area contributed by atoms with E-state index in [0.29, 0.717) is 37.1 Å². The van der Waals surface area contributed by atoms with E-state index < -0.39 is 10.0 Å². The SMILES string of the molecule is O=S(=O)(c1ccc(NC(=S)N/N=C\c2c3ccccc3cc3ccccc23)cc1)N1CCOCC1. The number of nitrogens with zero attached hydrogens (tertiary/aromatic N) is 2. The Morgan fingerprint density at radius 3 is 2.14 bits per heavy atom. The number of fused-ring (bicyclic) bond motifs is 2. The molecule has 1 saturated heterocycles. The zero-order valence-electron chi connectivity index (χ0n) is 18.8. The van der Waals surface area contributed by atoms with Crippen LogP contribution in [0.4, 0.5) is 5.69 Å². The molecule has 0 spiro atoms. The monoisotopic (exact) mass is 504 g/mol. The molecule has 1 fully saturated rings. The number of thiocarbonyl (C=S) groups is 1. The Morgan fingerprint density at radius 1 is 0.914 bits per heavy atom. The average molecular weight is 505 g/mol. The summed E-state index contributed by atoms with van der Waals surface area (Å²) in [5, 5.41) is 12.2. The summed E-state index contributed by atoms with van der Waals surface area (Å²) in [5.74, 6) is 0. The molecule has 4 aromatic carbocycles. The molecule has 5 rings (SSSR count). The summed E-state index contributed by atoms with van der Waals surface area (Å²) in [7, 11) is -3.53. The van der Waals surface area contributed by atoms with Crippen molar-refractivity contribution in [3.63, 3.8) is 0 Å². The van der Waals surface area contributed by atoms with Crippen molar-refractivity contribution >= 4 is 60.8 Å². The molecular weight excluding hydrogens is 480 g/mol. The van der Waals surface area contributed by atoms with Crippen LogP contribution in [0.15, 0.2) is 88.9 Å². The Labute approximate surface area is 209 Å². The quantitative estimate of drug-likeness (QED) is 0.182. The third kappa shape index (κ3) is 5.03. The molecule has 178 valence electrons. The number of sulfonamides is 1. The van der Waals surface area contributed by atoms with Crippen molar-refractivity contribution in [2.75, 3.05) is 31.6 Å². The number of benzene rings is 4. The molecule has 0 saturated carbocycles. The molecule has 0 radical (unpaired) electrons. The fraction of sp³-hybridized carbons (Fsp3) is 0.154. The van der Waals surface area contributed by atoms with Crippen LogP contribution in [0, 0.1) is 0 Å². The lowest BCUT2D eigenvalue weighted by Gasteiger charge is -2.26. The van der Waals surface area contributed by atoms with Crippen molar-refractivity contribution in [1.29, 1.82) is 0 Å². The highest BCUT2D eigenvalue weighted by Crippen LogP contribution is 2.27. The predicted octanol–water partition coefficient (Wildman–Crippen LogP) is 4.33. The minimum absolute atomic E-state index is 0.240. The summed E-state index contributed by atoms with van der Waals surface area (Å²) < 4.78 is 32.2. The number of morpholine rings is 1. The van der Waals surface area contributed by atoms with Gasteiger partial charge in [0.05, 0.1) is 24.3 Å². The Bertz CT molecular complexity index is 1460. The fourth-order valence-corrected chi connectivity index (χ4v) is 5.73. The summed E-state index contributed by atoms with van der Waals surface area (Å²) >= 11 is 5.38. The Kier molecular flexibility index (Phi) is 6.74. The summed E-state index contributed by atoms with van der Waals surface area (Å²) in [6.45, 7) is 1.54. The Balaban J connectivity index is 1.28. The average Bonchev–Trinajstić information content (AvgIpc) is 2.89. The molecule has 0 amide bonds. The van der Waals surface area contributed by atoms with Crippen LogP contribution in [0.1, 0.15) is 5.56 Å². The van der Waals surface area contributed by atoms with E-state index in [-0.39, 0.29) is 4.90 Å². The molecule has 1 aliphatic rings. The molecule has 0 atom stereocenters. The lowest BCUT2D eigenvalue weighted by molar-refractivity contribution is 0.0730. The molecule has 7 nitrogen and oxygen atoms in total. The predicted molar refractivity (Wildman–Crippen MR) is 144 cm³/mol. The van der Waals surface area contributed by atoms with Crippen LogP contribution < -0.4 is 10.7 Å². The van der Waals surface area contributed by atoms with Crippen LogP contribution >= 0.6 is 12.2 Å². The van der Waals surface area contributed by atoms with E-state index >= 15 is 0 Å². The number of ether oxygens (including phenoxy) is 1. The second kappa shape index (κ2) is 10.1. The van der Waals surface area contributed by atoms with Crippen LogP contribution in [0.25, 0.3) is 21.5 Å². The maximum Gasteiger partial charge on any atom is 0.243 e. The standard InChI is InChI=1S/C26H24N4O3S2/c31-35(32,30-13-15-33-16-14-30)22-11-9-21(10-12-22)28-26(34)29-27-18-25-23-7-3-1-5-19(23)17-20-6-2-4-8-24(20)25/h1-12,17-18H,13-16H2,(H2,28,29,34)/b27-18-. The first-order valence-electron chi connectivity index (χ1n) is 11.2. The van der Waals surface area contributed by atoms with E-state index in [1.54, 1.807) is 30.5 Å². The van der Waals surface area contributed by atoms with Crippen LogP contribution in [0.2, 0.25) is 0 Å². The van der Waals surface area contributed by atoms with Crippen molar-refractivity contribution in [3.8, 4) is 0 Å². The van der Waals surface area contributed by atoms with Gasteiger partial charge in [-0.3, -0.25) is 5.43 Å². The third-order valence-corrected chi connectivity index (χ3v) is 8.00. The highest BCUT2D eigenvalue weighted by atomic mass is 32.2. The molecule has 9 heteroatoms. The Morgan fingerprint density at radius 2 is 1.51 bits per heavy atom. The molecule has 1 heterocycles. The van der Waals surface area contributed by atoms with Crippen LogP contribution in [-0.2, 0) is 14.8 Å². The first-order chi connectivity index (χ1) is 17.0. The summed E-state index contributed by atoms with van der Waals surface area (Å²) in [4.78, 5) is 0.240. The molecule has 35 heavy (non-hydrogen) atoms. The van der Waals surface area contributed by atoms with Crippen molar-refractivity contribution in [3.05, 3.63) is 84.4 Å². The number of hydrogen-bond acceptors (Lipinski definition) is 5. The number of hydrazone groups is 1. The highest BCUT2D eigenvalue weighted by Gasteiger charge is 2.26. The minimum atomic E-state index is -3.53. The van der Waals surface area contributed by atoms with Gasteiger partial charge in [0.2, 0.25) is 10.0 Å². The van der Waals surface area contributed by atoms with Gasteiger partial charge in [0.15, 0.2) is 5.11 Å². The van der Waals surface area contributed by atoms with Gasteiger partial charge in [-0.25, -0.2) is 8.42 Å². The topological polar surface area (TPSA) is 83.0 Å². The van der Waals surface area contributed by atoms with E-state index in [2.05, 4.69) is 46.2 Å². The van der Waals surface area contributed by atoms with Crippen molar-refractivity contribution in [2.45, 2.75) is 4.90 Å². The molecule has 0 bridgehead atoms. The second-order valence-electron chi connectivity index (χ2n) is 8.10. The molecule has 1 aliphatic heterocycles. The largest absolute Gasteiger partial charge is 0.379 e.